The summed E-state index contributed by atoms with van der Waals surface area (Å²) in [6, 6.07) is 3.99. The van der Waals surface area contributed by atoms with Crippen LogP contribution in [0.2, 0.25) is 0 Å². The van der Waals surface area contributed by atoms with Gasteiger partial charge in [-0.1, -0.05) is 12.1 Å². The molecule has 0 saturated carbocycles. The average Bonchev–Trinajstić information content (AvgIpc) is 2.42. The van der Waals surface area contributed by atoms with Crippen LogP contribution in [0.5, 0.6) is 0 Å². The topological polar surface area (TPSA) is 75.6 Å². The molecule has 1 aromatic rings. The maximum absolute atomic E-state index is 12.8. The van der Waals surface area contributed by atoms with Gasteiger partial charge in [0.15, 0.2) is 0 Å². The number of ether oxygens (including phenoxy) is 1. The lowest BCUT2D eigenvalue weighted by Gasteiger charge is -2.13. The molecule has 1 aromatic carbocycles. The number of halogens is 3. The van der Waals surface area contributed by atoms with E-state index in [2.05, 4.69) is 4.72 Å². The maximum atomic E-state index is 12.8. The molecule has 0 aliphatic carbocycles. The number of benzene rings is 1. The smallest absolute Gasteiger partial charge is 0.394 e. The van der Waals surface area contributed by atoms with Crippen LogP contribution in [0.4, 0.5) is 13.2 Å². The Bertz CT molecular complexity index is 546. The van der Waals surface area contributed by atoms with Crippen molar-refractivity contribution in [2.24, 2.45) is 0 Å². The van der Waals surface area contributed by atoms with Crippen molar-refractivity contribution >= 4 is 10.0 Å². The Hall–Kier alpha value is -1.16. The van der Waals surface area contributed by atoms with E-state index in [9.17, 15) is 21.6 Å². The van der Waals surface area contributed by atoms with Gasteiger partial charge in [0.05, 0.1) is 23.7 Å². The Labute approximate surface area is 120 Å². The molecule has 2 N–H and O–H groups in total. The Kier molecular flexibility index (Phi) is 6.59. The third-order valence-corrected chi connectivity index (χ3v) is 3.99. The molecule has 0 amide bonds. The summed E-state index contributed by atoms with van der Waals surface area (Å²) in [6.07, 6.45) is -4.46. The van der Waals surface area contributed by atoms with E-state index in [0.717, 1.165) is 18.2 Å². The van der Waals surface area contributed by atoms with Gasteiger partial charge in [-0.3, -0.25) is 0 Å². The molecule has 9 heteroatoms. The fraction of sp³-hybridized carbons (Fsp3) is 0.500. The summed E-state index contributed by atoms with van der Waals surface area (Å²) in [5, 5.41) is 8.46. The first-order valence-corrected chi connectivity index (χ1v) is 7.62. The van der Waals surface area contributed by atoms with E-state index in [1.165, 1.54) is 6.07 Å². The first kappa shape index (κ1) is 17.9. The van der Waals surface area contributed by atoms with E-state index in [1.54, 1.807) is 0 Å². The van der Waals surface area contributed by atoms with Crippen LogP contribution in [-0.4, -0.2) is 39.9 Å². The number of sulfonamides is 1. The van der Waals surface area contributed by atoms with Crippen LogP contribution in [0.15, 0.2) is 29.2 Å². The van der Waals surface area contributed by atoms with E-state index in [0.29, 0.717) is 0 Å². The second-order valence-corrected chi connectivity index (χ2v) is 5.82. The molecule has 0 aliphatic rings. The zero-order valence-corrected chi connectivity index (χ0v) is 11.9. The summed E-state index contributed by atoms with van der Waals surface area (Å²) in [6.45, 7) is 0.123. The third-order valence-electron chi connectivity index (χ3n) is 2.48. The number of nitrogens with one attached hydrogen (secondary N) is 1. The molecule has 21 heavy (non-hydrogen) atoms. The van der Waals surface area contributed by atoms with Crippen LogP contribution in [0.1, 0.15) is 12.0 Å². The highest BCUT2D eigenvalue weighted by atomic mass is 32.2. The highest BCUT2D eigenvalue weighted by Crippen LogP contribution is 2.33. The largest absolute Gasteiger partial charge is 0.417 e. The predicted molar refractivity (Wildman–Crippen MR) is 69.2 cm³/mol. The molecule has 0 heterocycles. The van der Waals surface area contributed by atoms with E-state index in [4.69, 9.17) is 9.84 Å². The summed E-state index contributed by atoms with van der Waals surface area (Å²) in [4.78, 5) is -0.797. The van der Waals surface area contributed by atoms with E-state index >= 15 is 0 Å². The fourth-order valence-corrected chi connectivity index (χ4v) is 2.86. The second-order valence-electron chi connectivity index (χ2n) is 4.08. The van der Waals surface area contributed by atoms with E-state index in [-0.39, 0.29) is 32.8 Å². The molecular formula is C12H16F3NO4S. The first-order valence-electron chi connectivity index (χ1n) is 6.13. The molecule has 0 unspecified atom stereocenters. The van der Waals surface area contributed by atoms with Crippen LogP contribution >= 0.6 is 0 Å². The molecule has 0 fully saturated rings. The summed E-state index contributed by atoms with van der Waals surface area (Å²) in [5.74, 6) is 0. The Morgan fingerprint density at radius 2 is 1.86 bits per heavy atom. The second kappa shape index (κ2) is 7.74. The zero-order chi connectivity index (χ0) is 15.9. The highest BCUT2D eigenvalue weighted by molar-refractivity contribution is 7.89. The molecule has 0 saturated heterocycles. The number of alkyl halides is 3. The van der Waals surface area contributed by atoms with Gasteiger partial charge in [0, 0.05) is 13.2 Å². The maximum Gasteiger partial charge on any atom is 0.417 e. The quantitative estimate of drug-likeness (QED) is 0.708. The molecule has 0 spiro atoms. The minimum absolute atomic E-state index is 0.0556. The fourth-order valence-electron chi connectivity index (χ4n) is 1.56. The van der Waals surface area contributed by atoms with Gasteiger partial charge in [-0.05, 0) is 18.6 Å². The standard InChI is InChI=1S/C12H16F3NO4S/c13-12(14,15)10-4-1-2-5-11(10)21(18,19)16-6-3-8-20-9-7-17/h1-2,4-5,16-17H,3,6-9H2. The molecule has 5 nitrogen and oxygen atoms in total. The van der Waals surface area contributed by atoms with Gasteiger partial charge in [-0.25, -0.2) is 13.1 Å². The van der Waals surface area contributed by atoms with Gasteiger partial charge in [-0.15, -0.1) is 0 Å². The molecule has 0 atom stereocenters. The van der Waals surface area contributed by atoms with Gasteiger partial charge in [0.25, 0.3) is 0 Å². The number of aliphatic hydroxyl groups is 1. The Morgan fingerprint density at radius 1 is 1.19 bits per heavy atom. The molecule has 0 aromatic heterocycles. The van der Waals surface area contributed by atoms with Crippen molar-refractivity contribution < 1.29 is 31.4 Å². The first-order chi connectivity index (χ1) is 9.79. The van der Waals surface area contributed by atoms with Gasteiger partial charge in [-0.2, -0.15) is 13.2 Å². The lowest BCUT2D eigenvalue weighted by molar-refractivity contribution is -0.139. The summed E-state index contributed by atoms with van der Waals surface area (Å²) >= 11 is 0. The van der Waals surface area contributed by atoms with Crippen LogP contribution in [0.25, 0.3) is 0 Å². The minimum Gasteiger partial charge on any atom is -0.394 e. The van der Waals surface area contributed by atoms with Crippen molar-refractivity contribution in [2.75, 3.05) is 26.4 Å². The zero-order valence-electron chi connectivity index (χ0n) is 11.1. The summed E-state index contributed by atoms with van der Waals surface area (Å²) < 4.78 is 69.1. The number of hydrogen-bond acceptors (Lipinski definition) is 4. The van der Waals surface area contributed by atoms with Gasteiger partial charge in [0.1, 0.15) is 0 Å². The van der Waals surface area contributed by atoms with Crippen molar-refractivity contribution in [3.05, 3.63) is 29.8 Å². The number of hydrogen-bond donors (Lipinski definition) is 2. The van der Waals surface area contributed by atoms with Crippen molar-refractivity contribution in [1.82, 2.24) is 4.72 Å². The molecule has 0 aliphatic heterocycles. The Balaban J connectivity index is 2.71. The van der Waals surface area contributed by atoms with Gasteiger partial charge in [0.2, 0.25) is 10.0 Å². The number of aliphatic hydroxyl groups excluding tert-OH is 1. The van der Waals surface area contributed by atoms with Gasteiger partial charge >= 0.3 is 6.18 Å². The number of rotatable bonds is 8. The third kappa shape index (κ3) is 5.62. The highest BCUT2D eigenvalue weighted by Gasteiger charge is 2.36. The van der Waals surface area contributed by atoms with Crippen LogP contribution in [-0.2, 0) is 20.9 Å². The van der Waals surface area contributed by atoms with Crippen molar-refractivity contribution in [3.63, 3.8) is 0 Å². The van der Waals surface area contributed by atoms with Crippen LogP contribution in [0, 0.1) is 0 Å². The van der Waals surface area contributed by atoms with Crippen molar-refractivity contribution in [2.45, 2.75) is 17.5 Å². The monoisotopic (exact) mass is 327 g/mol. The molecule has 0 radical (unpaired) electrons. The molecule has 1 rings (SSSR count). The van der Waals surface area contributed by atoms with Crippen molar-refractivity contribution in [1.29, 1.82) is 0 Å². The summed E-state index contributed by atoms with van der Waals surface area (Å²) in [7, 11) is -4.24. The normalized spacial score (nSPS) is 12.6. The molecular weight excluding hydrogens is 311 g/mol. The lowest BCUT2D eigenvalue weighted by Crippen LogP contribution is -2.28. The Morgan fingerprint density at radius 3 is 2.48 bits per heavy atom. The predicted octanol–water partition coefficient (Wildman–Crippen LogP) is 1.38. The molecule has 120 valence electrons. The SMILES string of the molecule is O=S(=O)(NCCCOCCO)c1ccccc1C(F)(F)F. The molecule has 0 bridgehead atoms. The van der Waals surface area contributed by atoms with E-state index in [1.807, 2.05) is 0 Å². The van der Waals surface area contributed by atoms with Crippen LogP contribution < -0.4 is 4.72 Å². The van der Waals surface area contributed by atoms with E-state index < -0.39 is 26.7 Å². The van der Waals surface area contributed by atoms with Gasteiger partial charge < -0.3 is 9.84 Å². The minimum atomic E-state index is -4.74. The van der Waals surface area contributed by atoms with Crippen LogP contribution in [0.3, 0.4) is 0 Å². The summed E-state index contributed by atoms with van der Waals surface area (Å²) in [5.41, 5.74) is -1.20. The lowest BCUT2D eigenvalue weighted by atomic mass is 10.2. The average molecular weight is 327 g/mol. The van der Waals surface area contributed by atoms with Crippen molar-refractivity contribution in [3.8, 4) is 0 Å².